The SMILES string of the molecule is O=C(NCc1cn(-c2ccccc2)nc1-c1ccccc1)c1ccn(Cn2cc(Br)cn2)n1. The normalized spacial score (nSPS) is 10.9. The molecule has 1 amide bonds. The molecule has 0 spiro atoms. The summed E-state index contributed by atoms with van der Waals surface area (Å²) in [5, 5.41) is 16.3. The first-order valence-corrected chi connectivity index (χ1v) is 11.1. The average Bonchev–Trinajstić information content (AvgIpc) is 3.59. The number of halogens is 1. The van der Waals surface area contributed by atoms with Crippen molar-refractivity contribution < 1.29 is 4.79 Å². The fourth-order valence-electron chi connectivity index (χ4n) is 3.48. The van der Waals surface area contributed by atoms with Gasteiger partial charge in [0.25, 0.3) is 5.91 Å². The highest BCUT2D eigenvalue weighted by molar-refractivity contribution is 9.10. The van der Waals surface area contributed by atoms with Crippen LogP contribution in [0.25, 0.3) is 16.9 Å². The van der Waals surface area contributed by atoms with E-state index in [-0.39, 0.29) is 5.91 Å². The molecule has 3 aromatic heterocycles. The zero-order valence-electron chi connectivity index (χ0n) is 17.5. The number of nitrogens with one attached hydrogen (secondary N) is 1. The fraction of sp³-hybridized carbons (Fsp3) is 0.0833. The minimum Gasteiger partial charge on any atom is -0.346 e. The lowest BCUT2D eigenvalue weighted by atomic mass is 10.1. The second kappa shape index (κ2) is 9.25. The number of carbonyl (C=O) groups excluding carboxylic acids is 1. The topological polar surface area (TPSA) is 82.6 Å². The first-order chi connectivity index (χ1) is 16.2. The lowest BCUT2D eigenvalue weighted by molar-refractivity contribution is 0.0945. The van der Waals surface area contributed by atoms with Crippen LogP contribution in [-0.2, 0) is 13.2 Å². The fourth-order valence-corrected chi connectivity index (χ4v) is 3.81. The predicted octanol–water partition coefficient (Wildman–Crippen LogP) is 4.13. The number of amides is 1. The van der Waals surface area contributed by atoms with E-state index < -0.39 is 0 Å². The molecule has 0 aliphatic carbocycles. The lowest BCUT2D eigenvalue weighted by Crippen LogP contribution is -2.23. The van der Waals surface area contributed by atoms with E-state index >= 15 is 0 Å². The number of benzene rings is 2. The van der Waals surface area contributed by atoms with Crippen LogP contribution >= 0.6 is 15.9 Å². The molecule has 0 radical (unpaired) electrons. The largest absolute Gasteiger partial charge is 0.346 e. The highest BCUT2D eigenvalue weighted by Gasteiger charge is 2.15. The standard InChI is InChI=1S/C24H20BrN7O/c25-20-14-27-31(16-20)17-30-12-11-22(28-30)24(33)26-13-19-15-32(21-9-5-2-6-10-21)29-23(19)18-7-3-1-4-8-18/h1-12,14-16H,13,17H2,(H,26,33). The molecule has 2 aromatic carbocycles. The number of rotatable bonds is 7. The number of carbonyl (C=O) groups is 1. The summed E-state index contributed by atoms with van der Waals surface area (Å²) in [6.45, 7) is 0.746. The average molecular weight is 502 g/mol. The summed E-state index contributed by atoms with van der Waals surface area (Å²) in [6, 6.07) is 21.5. The number of aromatic nitrogens is 6. The van der Waals surface area contributed by atoms with Gasteiger partial charge in [0.15, 0.2) is 0 Å². The van der Waals surface area contributed by atoms with Gasteiger partial charge in [0.2, 0.25) is 0 Å². The second-order valence-corrected chi connectivity index (χ2v) is 8.33. The molecule has 0 saturated heterocycles. The van der Waals surface area contributed by atoms with Gasteiger partial charge in [-0.3, -0.25) is 9.48 Å². The maximum Gasteiger partial charge on any atom is 0.272 e. The molecule has 8 nitrogen and oxygen atoms in total. The first-order valence-electron chi connectivity index (χ1n) is 10.3. The minimum atomic E-state index is -0.248. The van der Waals surface area contributed by atoms with Crippen LogP contribution in [0.2, 0.25) is 0 Å². The molecule has 0 aliphatic rings. The van der Waals surface area contributed by atoms with Crippen molar-refractivity contribution in [2.75, 3.05) is 0 Å². The Balaban J connectivity index is 1.33. The Hall–Kier alpha value is -3.98. The Kier molecular flexibility index (Phi) is 5.86. The Morgan fingerprint density at radius 3 is 2.39 bits per heavy atom. The van der Waals surface area contributed by atoms with Gasteiger partial charge in [0.05, 0.1) is 22.1 Å². The number of hydrogen-bond donors (Lipinski definition) is 1. The third-order valence-electron chi connectivity index (χ3n) is 5.06. The molecule has 0 bridgehead atoms. The van der Waals surface area contributed by atoms with Crippen molar-refractivity contribution in [3.63, 3.8) is 0 Å². The Labute approximate surface area is 198 Å². The molecule has 0 unspecified atom stereocenters. The van der Waals surface area contributed by atoms with E-state index in [1.54, 1.807) is 27.8 Å². The van der Waals surface area contributed by atoms with Gasteiger partial charge in [-0.05, 0) is 34.1 Å². The van der Waals surface area contributed by atoms with Gasteiger partial charge in [-0.1, -0.05) is 48.5 Å². The zero-order valence-corrected chi connectivity index (χ0v) is 19.1. The van der Waals surface area contributed by atoms with Gasteiger partial charge < -0.3 is 5.32 Å². The van der Waals surface area contributed by atoms with Crippen molar-refractivity contribution in [1.82, 2.24) is 34.7 Å². The molecule has 5 aromatic rings. The maximum absolute atomic E-state index is 12.8. The smallest absolute Gasteiger partial charge is 0.272 e. The van der Waals surface area contributed by atoms with Gasteiger partial charge in [0.1, 0.15) is 12.4 Å². The van der Waals surface area contributed by atoms with E-state index in [0.717, 1.165) is 27.0 Å². The summed E-state index contributed by atoms with van der Waals surface area (Å²) in [7, 11) is 0. The van der Waals surface area contributed by atoms with E-state index in [1.165, 1.54) is 0 Å². The highest BCUT2D eigenvalue weighted by Crippen LogP contribution is 2.23. The molecule has 164 valence electrons. The van der Waals surface area contributed by atoms with E-state index in [9.17, 15) is 4.79 Å². The second-order valence-electron chi connectivity index (χ2n) is 7.41. The highest BCUT2D eigenvalue weighted by atomic mass is 79.9. The van der Waals surface area contributed by atoms with Crippen LogP contribution in [0.5, 0.6) is 0 Å². The van der Waals surface area contributed by atoms with E-state index in [0.29, 0.717) is 18.9 Å². The van der Waals surface area contributed by atoms with Crippen molar-refractivity contribution in [3.8, 4) is 16.9 Å². The van der Waals surface area contributed by atoms with E-state index in [1.807, 2.05) is 77.7 Å². The van der Waals surface area contributed by atoms with Crippen LogP contribution in [0.3, 0.4) is 0 Å². The van der Waals surface area contributed by atoms with Gasteiger partial charge in [0, 0.05) is 36.3 Å². The Morgan fingerprint density at radius 2 is 1.67 bits per heavy atom. The van der Waals surface area contributed by atoms with Gasteiger partial charge in [-0.2, -0.15) is 15.3 Å². The van der Waals surface area contributed by atoms with Crippen LogP contribution < -0.4 is 5.32 Å². The summed E-state index contributed by atoms with van der Waals surface area (Å²) in [6.07, 6.45) is 7.26. The summed E-state index contributed by atoms with van der Waals surface area (Å²) in [4.78, 5) is 12.8. The van der Waals surface area contributed by atoms with Crippen molar-refractivity contribution in [3.05, 3.63) is 107 Å². The molecule has 0 aliphatic heterocycles. The molecule has 0 fully saturated rings. The number of para-hydroxylation sites is 1. The Bertz CT molecular complexity index is 1370. The number of hydrogen-bond acceptors (Lipinski definition) is 4. The summed E-state index contributed by atoms with van der Waals surface area (Å²) < 4.78 is 6.11. The van der Waals surface area contributed by atoms with Crippen LogP contribution in [0, 0.1) is 0 Å². The predicted molar refractivity (Wildman–Crippen MR) is 128 cm³/mol. The van der Waals surface area contributed by atoms with E-state index in [4.69, 9.17) is 5.10 Å². The monoisotopic (exact) mass is 501 g/mol. The van der Waals surface area contributed by atoms with Crippen LogP contribution in [0.1, 0.15) is 16.1 Å². The third-order valence-corrected chi connectivity index (χ3v) is 5.47. The van der Waals surface area contributed by atoms with Gasteiger partial charge >= 0.3 is 0 Å². The van der Waals surface area contributed by atoms with Crippen LogP contribution in [0.15, 0.2) is 96.0 Å². The third kappa shape index (κ3) is 4.78. The molecule has 9 heteroatoms. The van der Waals surface area contributed by atoms with Gasteiger partial charge in [-0.25, -0.2) is 9.36 Å². The maximum atomic E-state index is 12.8. The minimum absolute atomic E-state index is 0.248. The number of nitrogens with zero attached hydrogens (tertiary/aromatic N) is 6. The van der Waals surface area contributed by atoms with Crippen LogP contribution in [0.4, 0.5) is 0 Å². The van der Waals surface area contributed by atoms with Gasteiger partial charge in [-0.15, -0.1) is 0 Å². The Morgan fingerprint density at radius 1 is 0.909 bits per heavy atom. The molecular formula is C24H20BrN7O. The van der Waals surface area contributed by atoms with Crippen molar-refractivity contribution in [2.45, 2.75) is 13.2 Å². The summed E-state index contributed by atoms with van der Waals surface area (Å²) >= 11 is 3.37. The quantitative estimate of drug-likeness (QED) is 0.363. The zero-order chi connectivity index (χ0) is 22.6. The summed E-state index contributed by atoms with van der Waals surface area (Å²) in [5.74, 6) is -0.248. The van der Waals surface area contributed by atoms with Crippen molar-refractivity contribution in [2.24, 2.45) is 0 Å². The van der Waals surface area contributed by atoms with Crippen LogP contribution in [-0.4, -0.2) is 35.2 Å². The molecule has 0 atom stereocenters. The molecular weight excluding hydrogens is 482 g/mol. The molecule has 33 heavy (non-hydrogen) atoms. The molecule has 0 saturated carbocycles. The van der Waals surface area contributed by atoms with Crippen molar-refractivity contribution >= 4 is 21.8 Å². The first kappa shape index (κ1) is 20.9. The van der Waals surface area contributed by atoms with E-state index in [2.05, 4.69) is 31.4 Å². The molecule has 3 heterocycles. The summed E-state index contributed by atoms with van der Waals surface area (Å²) in [5.41, 5.74) is 4.04. The molecule has 1 N–H and O–H groups in total. The van der Waals surface area contributed by atoms with Crippen molar-refractivity contribution in [1.29, 1.82) is 0 Å². The lowest BCUT2D eigenvalue weighted by Gasteiger charge is -2.04. The molecule has 5 rings (SSSR count).